The van der Waals surface area contributed by atoms with E-state index in [9.17, 15) is 4.79 Å². The second-order valence-electron chi connectivity index (χ2n) is 3.71. The fourth-order valence-corrected chi connectivity index (χ4v) is 1.80. The normalized spacial score (nSPS) is 10.6. The van der Waals surface area contributed by atoms with Gasteiger partial charge in [0.2, 0.25) is 0 Å². The minimum absolute atomic E-state index is 0.544. The monoisotopic (exact) mass is 223 g/mol. The van der Waals surface area contributed by atoms with E-state index in [2.05, 4.69) is 10.1 Å². The number of aromatic nitrogens is 3. The van der Waals surface area contributed by atoms with Crippen molar-refractivity contribution in [3.8, 4) is 5.69 Å². The van der Waals surface area contributed by atoms with Crippen LogP contribution in [0.15, 0.2) is 48.9 Å². The minimum Gasteiger partial charge on any atom is -0.298 e. The number of carbonyl (C=O) groups is 1. The standard InChI is InChI=1S/C13H9N3O/c17-9-10-5-12(8-14-6-10)16-13-4-2-1-3-11(13)7-15-16/h1-9H. The van der Waals surface area contributed by atoms with Crippen LogP contribution in [0, 0.1) is 0 Å². The van der Waals surface area contributed by atoms with E-state index in [1.165, 1.54) is 6.20 Å². The van der Waals surface area contributed by atoms with Gasteiger partial charge in [-0.1, -0.05) is 18.2 Å². The Bertz CT molecular complexity index is 688. The summed E-state index contributed by atoms with van der Waals surface area (Å²) in [5.41, 5.74) is 2.33. The second-order valence-corrected chi connectivity index (χ2v) is 3.71. The summed E-state index contributed by atoms with van der Waals surface area (Å²) in [6.45, 7) is 0. The van der Waals surface area contributed by atoms with Crippen LogP contribution in [0.25, 0.3) is 16.6 Å². The molecular weight excluding hydrogens is 214 g/mol. The van der Waals surface area contributed by atoms with Crippen molar-refractivity contribution in [1.29, 1.82) is 0 Å². The quantitative estimate of drug-likeness (QED) is 0.626. The van der Waals surface area contributed by atoms with Crippen LogP contribution in [0.2, 0.25) is 0 Å². The van der Waals surface area contributed by atoms with Gasteiger partial charge >= 0.3 is 0 Å². The molecular formula is C13H9N3O. The molecule has 82 valence electrons. The number of rotatable bonds is 2. The van der Waals surface area contributed by atoms with Crippen molar-refractivity contribution in [3.63, 3.8) is 0 Å². The van der Waals surface area contributed by atoms with Crippen molar-refractivity contribution in [2.75, 3.05) is 0 Å². The Morgan fingerprint density at radius 3 is 2.88 bits per heavy atom. The molecule has 2 heterocycles. The molecule has 17 heavy (non-hydrogen) atoms. The molecule has 0 saturated heterocycles. The van der Waals surface area contributed by atoms with E-state index >= 15 is 0 Å². The Hall–Kier alpha value is -2.49. The summed E-state index contributed by atoms with van der Waals surface area (Å²) < 4.78 is 1.77. The van der Waals surface area contributed by atoms with Crippen LogP contribution < -0.4 is 0 Å². The molecule has 0 atom stereocenters. The maximum atomic E-state index is 10.7. The highest BCUT2D eigenvalue weighted by Crippen LogP contribution is 2.17. The molecule has 0 radical (unpaired) electrons. The smallest absolute Gasteiger partial charge is 0.151 e. The van der Waals surface area contributed by atoms with Gasteiger partial charge in [-0.2, -0.15) is 5.10 Å². The number of fused-ring (bicyclic) bond motifs is 1. The lowest BCUT2D eigenvalue weighted by Crippen LogP contribution is -1.97. The lowest BCUT2D eigenvalue weighted by atomic mass is 10.2. The van der Waals surface area contributed by atoms with Crippen molar-refractivity contribution in [1.82, 2.24) is 14.8 Å². The van der Waals surface area contributed by atoms with Gasteiger partial charge in [-0.15, -0.1) is 0 Å². The molecule has 0 bridgehead atoms. The van der Waals surface area contributed by atoms with E-state index in [0.29, 0.717) is 5.56 Å². The van der Waals surface area contributed by atoms with Crippen LogP contribution >= 0.6 is 0 Å². The summed E-state index contributed by atoms with van der Waals surface area (Å²) in [7, 11) is 0. The topological polar surface area (TPSA) is 47.8 Å². The van der Waals surface area contributed by atoms with Gasteiger partial charge in [-0.25, -0.2) is 4.68 Å². The molecule has 0 aliphatic rings. The molecule has 1 aromatic carbocycles. The number of benzene rings is 1. The van der Waals surface area contributed by atoms with Gasteiger partial charge in [0.25, 0.3) is 0 Å². The van der Waals surface area contributed by atoms with E-state index in [-0.39, 0.29) is 0 Å². The molecule has 4 heteroatoms. The first kappa shape index (κ1) is 9.72. The molecule has 4 nitrogen and oxygen atoms in total. The third-order valence-corrected chi connectivity index (χ3v) is 2.60. The van der Waals surface area contributed by atoms with Crippen molar-refractivity contribution in [3.05, 3.63) is 54.5 Å². The predicted molar refractivity (Wildman–Crippen MR) is 64.3 cm³/mol. The van der Waals surface area contributed by atoms with Gasteiger partial charge in [-0.05, 0) is 12.1 Å². The van der Waals surface area contributed by atoms with Crippen molar-refractivity contribution < 1.29 is 4.79 Å². The van der Waals surface area contributed by atoms with E-state index < -0.39 is 0 Å². The number of hydrogen-bond donors (Lipinski definition) is 0. The fraction of sp³-hybridized carbons (Fsp3) is 0. The summed E-state index contributed by atoms with van der Waals surface area (Å²) in [5.74, 6) is 0. The van der Waals surface area contributed by atoms with E-state index in [0.717, 1.165) is 22.9 Å². The summed E-state index contributed by atoms with van der Waals surface area (Å²) in [6.07, 6.45) is 5.79. The van der Waals surface area contributed by atoms with Gasteiger partial charge in [0.15, 0.2) is 6.29 Å². The number of nitrogens with zero attached hydrogens (tertiary/aromatic N) is 3. The largest absolute Gasteiger partial charge is 0.298 e. The van der Waals surface area contributed by atoms with Crippen LogP contribution in [0.4, 0.5) is 0 Å². The fourth-order valence-electron chi connectivity index (χ4n) is 1.80. The summed E-state index contributed by atoms with van der Waals surface area (Å²) in [6, 6.07) is 9.66. The highest BCUT2D eigenvalue weighted by atomic mass is 16.1. The first-order valence-electron chi connectivity index (χ1n) is 5.22. The number of aldehydes is 1. The average Bonchev–Trinajstić information content (AvgIpc) is 2.82. The van der Waals surface area contributed by atoms with Crippen LogP contribution in [0.3, 0.4) is 0 Å². The Morgan fingerprint density at radius 1 is 1.12 bits per heavy atom. The predicted octanol–water partition coefficient (Wildman–Crippen LogP) is 2.23. The van der Waals surface area contributed by atoms with Crippen molar-refractivity contribution in [2.24, 2.45) is 0 Å². The maximum absolute atomic E-state index is 10.7. The molecule has 0 fully saturated rings. The first-order valence-corrected chi connectivity index (χ1v) is 5.22. The van der Waals surface area contributed by atoms with Gasteiger partial charge < -0.3 is 0 Å². The lowest BCUT2D eigenvalue weighted by molar-refractivity contribution is 0.112. The average molecular weight is 223 g/mol. The van der Waals surface area contributed by atoms with Gasteiger partial charge in [-0.3, -0.25) is 9.78 Å². The Balaban J connectivity index is 2.23. The summed E-state index contributed by atoms with van der Waals surface area (Å²) in [5, 5.41) is 5.36. The second kappa shape index (κ2) is 3.83. The zero-order chi connectivity index (χ0) is 11.7. The number of para-hydroxylation sites is 1. The molecule has 0 aliphatic heterocycles. The van der Waals surface area contributed by atoms with Crippen molar-refractivity contribution >= 4 is 17.2 Å². The van der Waals surface area contributed by atoms with Crippen LogP contribution in [0.1, 0.15) is 10.4 Å². The minimum atomic E-state index is 0.544. The summed E-state index contributed by atoms with van der Waals surface area (Å²) >= 11 is 0. The Morgan fingerprint density at radius 2 is 2.00 bits per heavy atom. The van der Waals surface area contributed by atoms with E-state index in [1.54, 1.807) is 23.1 Å². The molecule has 0 saturated carbocycles. The first-order chi connectivity index (χ1) is 8.38. The number of pyridine rings is 1. The Kier molecular flexibility index (Phi) is 2.19. The molecule has 0 aliphatic carbocycles. The molecule has 0 N–H and O–H groups in total. The van der Waals surface area contributed by atoms with E-state index in [4.69, 9.17) is 0 Å². The summed E-state index contributed by atoms with van der Waals surface area (Å²) in [4.78, 5) is 14.7. The number of carbonyl (C=O) groups excluding carboxylic acids is 1. The number of hydrogen-bond acceptors (Lipinski definition) is 3. The Labute approximate surface area is 97.5 Å². The zero-order valence-corrected chi connectivity index (χ0v) is 8.95. The third kappa shape index (κ3) is 1.59. The SMILES string of the molecule is O=Cc1cncc(-n2ncc3ccccc32)c1. The highest BCUT2D eigenvalue weighted by Gasteiger charge is 2.04. The third-order valence-electron chi connectivity index (χ3n) is 2.60. The van der Waals surface area contributed by atoms with Crippen LogP contribution in [0.5, 0.6) is 0 Å². The van der Waals surface area contributed by atoms with E-state index in [1.807, 2.05) is 24.3 Å². The van der Waals surface area contributed by atoms with Crippen LogP contribution in [-0.2, 0) is 0 Å². The molecule has 0 amide bonds. The van der Waals surface area contributed by atoms with Gasteiger partial charge in [0, 0.05) is 17.1 Å². The zero-order valence-electron chi connectivity index (χ0n) is 8.95. The maximum Gasteiger partial charge on any atom is 0.151 e. The van der Waals surface area contributed by atoms with Crippen LogP contribution in [-0.4, -0.2) is 21.1 Å². The molecule has 2 aromatic heterocycles. The highest BCUT2D eigenvalue weighted by molar-refractivity contribution is 5.81. The van der Waals surface area contributed by atoms with Crippen molar-refractivity contribution in [2.45, 2.75) is 0 Å². The van der Waals surface area contributed by atoms with Gasteiger partial charge in [0.05, 0.1) is 23.6 Å². The molecule has 3 aromatic rings. The molecule has 0 unspecified atom stereocenters. The molecule has 3 rings (SSSR count). The lowest BCUT2D eigenvalue weighted by Gasteiger charge is -2.03. The molecule has 0 spiro atoms. The van der Waals surface area contributed by atoms with Gasteiger partial charge in [0.1, 0.15) is 0 Å².